The van der Waals surface area contributed by atoms with E-state index < -0.39 is 5.41 Å². The van der Waals surface area contributed by atoms with Crippen LogP contribution in [0.4, 0.5) is 5.69 Å². The van der Waals surface area contributed by atoms with E-state index in [-0.39, 0.29) is 5.91 Å². The molecule has 1 aromatic carbocycles. The molecule has 2 N–H and O–H groups in total. The molecule has 4 nitrogen and oxygen atoms in total. The van der Waals surface area contributed by atoms with Crippen molar-refractivity contribution in [3.05, 3.63) is 22.7 Å². The van der Waals surface area contributed by atoms with Crippen molar-refractivity contribution >= 4 is 27.5 Å². The first-order valence-electron chi connectivity index (χ1n) is 7.31. The molecule has 116 valence electrons. The minimum absolute atomic E-state index is 0.0348. The van der Waals surface area contributed by atoms with Crippen molar-refractivity contribution in [2.24, 2.45) is 11.3 Å². The second kappa shape index (κ2) is 6.79. The van der Waals surface area contributed by atoms with Crippen molar-refractivity contribution in [2.45, 2.75) is 26.7 Å². The van der Waals surface area contributed by atoms with Crippen LogP contribution in [0.2, 0.25) is 0 Å². The fourth-order valence-corrected chi connectivity index (χ4v) is 3.08. The van der Waals surface area contributed by atoms with Gasteiger partial charge in [-0.25, -0.2) is 0 Å². The lowest BCUT2D eigenvalue weighted by molar-refractivity contribution is -0.127. The van der Waals surface area contributed by atoms with Crippen LogP contribution in [0.3, 0.4) is 0 Å². The van der Waals surface area contributed by atoms with E-state index in [1.807, 2.05) is 32.0 Å². The van der Waals surface area contributed by atoms with Crippen LogP contribution in [-0.2, 0) is 4.79 Å². The van der Waals surface area contributed by atoms with Gasteiger partial charge in [0.05, 0.1) is 12.8 Å². The summed E-state index contributed by atoms with van der Waals surface area (Å²) in [5.41, 5.74) is 0.287. The molecular weight excluding hydrogens is 332 g/mol. The van der Waals surface area contributed by atoms with Gasteiger partial charge in [-0.15, -0.1) is 0 Å². The molecule has 1 unspecified atom stereocenters. The van der Waals surface area contributed by atoms with Gasteiger partial charge in [-0.05, 0) is 50.0 Å². The van der Waals surface area contributed by atoms with Crippen molar-refractivity contribution in [2.75, 3.05) is 25.5 Å². The largest absolute Gasteiger partial charge is 0.495 e. The Morgan fingerprint density at radius 1 is 1.48 bits per heavy atom. The van der Waals surface area contributed by atoms with Crippen molar-refractivity contribution in [3.8, 4) is 5.75 Å². The number of halogens is 1. The van der Waals surface area contributed by atoms with E-state index in [9.17, 15) is 4.79 Å². The Balaban J connectivity index is 2.14. The average molecular weight is 355 g/mol. The van der Waals surface area contributed by atoms with Crippen LogP contribution >= 0.6 is 15.9 Å². The highest BCUT2D eigenvalue weighted by atomic mass is 79.9. The van der Waals surface area contributed by atoms with Crippen LogP contribution in [0.1, 0.15) is 26.7 Å². The van der Waals surface area contributed by atoms with Gasteiger partial charge < -0.3 is 15.4 Å². The highest BCUT2D eigenvalue weighted by Crippen LogP contribution is 2.35. The summed E-state index contributed by atoms with van der Waals surface area (Å²) in [6.07, 6.45) is 2.21. The Labute approximate surface area is 134 Å². The first-order valence-corrected chi connectivity index (χ1v) is 8.10. The lowest BCUT2D eigenvalue weighted by atomic mass is 9.74. The van der Waals surface area contributed by atoms with Crippen LogP contribution in [0.25, 0.3) is 0 Å². The molecule has 1 aromatic rings. The van der Waals surface area contributed by atoms with E-state index in [1.165, 1.54) is 0 Å². The number of piperidine rings is 1. The van der Waals surface area contributed by atoms with Crippen LogP contribution in [-0.4, -0.2) is 26.1 Å². The van der Waals surface area contributed by atoms with Gasteiger partial charge in [0.25, 0.3) is 0 Å². The summed E-state index contributed by atoms with van der Waals surface area (Å²) in [4.78, 5) is 12.7. The number of benzene rings is 1. The van der Waals surface area contributed by atoms with Crippen molar-refractivity contribution in [1.82, 2.24) is 5.32 Å². The molecule has 0 bridgehead atoms. The van der Waals surface area contributed by atoms with E-state index in [0.717, 1.165) is 30.4 Å². The van der Waals surface area contributed by atoms with Gasteiger partial charge in [-0.3, -0.25) is 4.79 Å². The number of hydrogen-bond acceptors (Lipinski definition) is 3. The molecule has 1 aliphatic rings. The summed E-state index contributed by atoms with van der Waals surface area (Å²) in [7, 11) is 1.61. The molecule has 1 amide bonds. The lowest BCUT2D eigenvalue weighted by Crippen LogP contribution is -2.44. The monoisotopic (exact) mass is 354 g/mol. The van der Waals surface area contributed by atoms with Crippen molar-refractivity contribution < 1.29 is 9.53 Å². The van der Waals surface area contributed by atoms with E-state index in [4.69, 9.17) is 4.74 Å². The zero-order valence-electron chi connectivity index (χ0n) is 12.8. The summed E-state index contributed by atoms with van der Waals surface area (Å²) >= 11 is 3.43. The Hall–Kier alpha value is -1.07. The Morgan fingerprint density at radius 3 is 2.86 bits per heavy atom. The first kappa shape index (κ1) is 16.3. The maximum absolute atomic E-state index is 12.7. The normalized spacial score (nSPS) is 19.1. The molecule has 1 fully saturated rings. The third-order valence-corrected chi connectivity index (χ3v) is 4.81. The number of nitrogens with one attached hydrogen (secondary N) is 2. The number of rotatable bonds is 4. The first-order chi connectivity index (χ1) is 9.95. The summed E-state index contributed by atoms with van der Waals surface area (Å²) in [5.74, 6) is 1.06. The topological polar surface area (TPSA) is 50.4 Å². The summed E-state index contributed by atoms with van der Waals surface area (Å²) in [5, 5.41) is 6.40. The van der Waals surface area contributed by atoms with Crippen LogP contribution < -0.4 is 15.4 Å². The van der Waals surface area contributed by atoms with Crippen molar-refractivity contribution in [1.29, 1.82) is 0 Å². The fourth-order valence-electron chi connectivity index (χ4n) is 2.71. The van der Waals surface area contributed by atoms with E-state index in [0.29, 0.717) is 17.4 Å². The number of carbonyl (C=O) groups excluding carboxylic acids is 1. The minimum Gasteiger partial charge on any atom is -0.495 e. The smallest absolute Gasteiger partial charge is 0.230 e. The highest BCUT2D eigenvalue weighted by Gasteiger charge is 2.37. The van der Waals surface area contributed by atoms with E-state index in [1.54, 1.807) is 7.11 Å². The van der Waals surface area contributed by atoms with Crippen LogP contribution in [0, 0.1) is 11.3 Å². The number of anilines is 1. The third-order valence-electron chi connectivity index (χ3n) is 4.31. The van der Waals surface area contributed by atoms with E-state index >= 15 is 0 Å². The standard InChI is InChI=1S/C16H23BrN2O2/c1-16(2,11-5-4-8-18-10-11)15(20)19-13-9-12(17)6-7-14(13)21-3/h6-7,9,11,18H,4-5,8,10H2,1-3H3,(H,19,20). The Bertz CT molecular complexity index is 511. The third kappa shape index (κ3) is 3.77. The van der Waals surface area contributed by atoms with Gasteiger partial charge in [-0.2, -0.15) is 0 Å². The predicted molar refractivity (Wildman–Crippen MR) is 88.7 cm³/mol. The number of amides is 1. The molecule has 1 heterocycles. The number of hydrogen-bond donors (Lipinski definition) is 2. The molecule has 0 spiro atoms. The van der Waals surface area contributed by atoms with Gasteiger partial charge in [0.2, 0.25) is 5.91 Å². The zero-order chi connectivity index (χ0) is 15.5. The second-order valence-corrected chi connectivity index (χ2v) is 6.98. The number of methoxy groups -OCH3 is 1. The lowest BCUT2D eigenvalue weighted by Gasteiger charge is -2.36. The van der Waals surface area contributed by atoms with Gasteiger partial charge >= 0.3 is 0 Å². The molecule has 21 heavy (non-hydrogen) atoms. The average Bonchev–Trinajstić information content (AvgIpc) is 2.48. The number of carbonyl (C=O) groups is 1. The maximum Gasteiger partial charge on any atom is 0.230 e. The SMILES string of the molecule is COc1ccc(Br)cc1NC(=O)C(C)(C)C1CCCNC1. The highest BCUT2D eigenvalue weighted by molar-refractivity contribution is 9.10. The molecule has 0 aliphatic carbocycles. The van der Waals surface area contributed by atoms with Gasteiger partial charge in [0.15, 0.2) is 0 Å². The van der Waals surface area contributed by atoms with Crippen LogP contribution in [0.5, 0.6) is 5.75 Å². The molecule has 1 saturated heterocycles. The molecule has 1 atom stereocenters. The van der Waals surface area contributed by atoms with Crippen LogP contribution in [0.15, 0.2) is 22.7 Å². The van der Waals surface area contributed by atoms with Gasteiger partial charge in [0, 0.05) is 9.89 Å². The summed E-state index contributed by atoms with van der Waals surface area (Å²) in [6, 6.07) is 5.60. The molecule has 0 aromatic heterocycles. The van der Waals surface area contributed by atoms with Gasteiger partial charge in [-0.1, -0.05) is 29.8 Å². The molecule has 0 saturated carbocycles. The molecular formula is C16H23BrN2O2. The molecule has 5 heteroatoms. The Kier molecular flexibility index (Phi) is 5.27. The van der Waals surface area contributed by atoms with Crippen molar-refractivity contribution in [3.63, 3.8) is 0 Å². The molecule has 0 radical (unpaired) electrons. The Morgan fingerprint density at radius 2 is 2.24 bits per heavy atom. The van der Waals surface area contributed by atoms with Gasteiger partial charge in [0.1, 0.15) is 5.75 Å². The second-order valence-electron chi connectivity index (χ2n) is 6.06. The molecule has 1 aliphatic heterocycles. The van der Waals surface area contributed by atoms with E-state index in [2.05, 4.69) is 26.6 Å². The maximum atomic E-state index is 12.7. The minimum atomic E-state index is -0.416. The number of ether oxygens (including phenoxy) is 1. The summed E-state index contributed by atoms with van der Waals surface area (Å²) < 4.78 is 6.22. The fraction of sp³-hybridized carbons (Fsp3) is 0.562. The molecule has 2 rings (SSSR count). The quantitative estimate of drug-likeness (QED) is 0.870. The predicted octanol–water partition coefficient (Wildman–Crippen LogP) is 3.42. The zero-order valence-corrected chi connectivity index (χ0v) is 14.4. The summed E-state index contributed by atoms with van der Waals surface area (Å²) in [6.45, 7) is 5.98.